The molecule has 1 heterocycles. The van der Waals surface area contributed by atoms with Crippen LogP contribution in [0, 0.1) is 0 Å². The quantitative estimate of drug-likeness (QED) is 0.541. The Kier molecular flexibility index (Phi) is 7.94. The number of ether oxygens (including phenoxy) is 2. The van der Waals surface area contributed by atoms with Gasteiger partial charge in [-0.3, -0.25) is 19.3 Å². The maximum absolute atomic E-state index is 12.8. The number of hydrogen-bond acceptors (Lipinski definition) is 6. The topological polar surface area (TPSA) is 84.9 Å². The third-order valence-corrected chi connectivity index (χ3v) is 5.61. The molecule has 1 unspecified atom stereocenters. The molecule has 1 N–H and O–H groups in total. The van der Waals surface area contributed by atoms with E-state index in [2.05, 4.69) is 5.32 Å². The van der Waals surface area contributed by atoms with Crippen LogP contribution in [0.5, 0.6) is 11.5 Å². The number of imide groups is 1. The molecule has 32 heavy (non-hydrogen) atoms. The summed E-state index contributed by atoms with van der Waals surface area (Å²) in [7, 11) is 0. The molecule has 8 heteroatoms. The summed E-state index contributed by atoms with van der Waals surface area (Å²) in [4.78, 5) is 38.6. The van der Waals surface area contributed by atoms with Crippen LogP contribution < -0.4 is 14.8 Å². The molecule has 3 amide bonds. The first-order valence-electron chi connectivity index (χ1n) is 10.4. The first-order chi connectivity index (χ1) is 15.4. The number of para-hydroxylation sites is 1. The number of nitrogens with zero attached hydrogens (tertiary/aromatic N) is 1. The Morgan fingerprint density at radius 1 is 1.12 bits per heavy atom. The summed E-state index contributed by atoms with van der Waals surface area (Å²) in [6, 6.07) is 14.2. The SMILES string of the molecule is CCOc1cc(/C=C2\SC(=O)N(CC(=O)Nc3ccccc3)C2=O)ccc1OC(C)CC. The third kappa shape index (κ3) is 5.91. The molecular weight excluding hydrogens is 428 g/mol. The van der Waals surface area contributed by atoms with Gasteiger partial charge in [-0.25, -0.2) is 0 Å². The fourth-order valence-electron chi connectivity index (χ4n) is 2.93. The van der Waals surface area contributed by atoms with Gasteiger partial charge in [0.2, 0.25) is 5.91 Å². The summed E-state index contributed by atoms with van der Waals surface area (Å²) in [6.45, 7) is 6.02. The maximum Gasteiger partial charge on any atom is 0.294 e. The predicted molar refractivity (Wildman–Crippen MR) is 126 cm³/mol. The number of amides is 3. The number of anilines is 1. The summed E-state index contributed by atoms with van der Waals surface area (Å²) in [5.41, 5.74) is 1.30. The lowest BCUT2D eigenvalue weighted by Gasteiger charge is -2.16. The zero-order valence-electron chi connectivity index (χ0n) is 18.3. The Morgan fingerprint density at radius 2 is 1.88 bits per heavy atom. The number of rotatable bonds is 9. The fourth-order valence-corrected chi connectivity index (χ4v) is 3.77. The number of thioether (sulfide) groups is 1. The van der Waals surface area contributed by atoms with E-state index in [-0.39, 0.29) is 17.6 Å². The van der Waals surface area contributed by atoms with Crippen LogP contribution in [0.1, 0.15) is 32.8 Å². The zero-order chi connectivity index (χ0) is 23.1. The number of benzene rings is 2. The summed E-state index contributed by atoms with van der Waals surface area (Å²) in [6.07, 6.45) is 2.52. The first kappa shape index (κ1) is 23.4. The van der Waals surface area contributed by atoms with Crippen molar-refractivity contribution in [2.75, 3.05) is 18.5 Å². The fraction of sp³-hybridized carbons (Fsp3) is 0.292. The average molecular weight is 455 g/mol. The zero-order valence-corrected chi connectivity index (χ0v) is 19.1. The lowest BCUT2D eigenvalue weighted by molar-refractivity contribution is -0.127. The van der Waals surface area contributed by atoms with Gasteiger partial charge in [0.25, 0.3) is 11.1 Å². The van der Waals surface area contributed by atoms with Crippen molar-refractivity contribution in [2.24, 2.45) is 0 Å². The van der Waals surface area contributed by atoms with Crippen LogP contribution in [0.4, 0.5) is 10.5 Å². The minimum absolute atomic E-state index is 0.0404. The predicted octanol–water partition coefficient (Wildman–Crippen LogP) is 4.94. The molecule has 1 aliphatic rings. The third-order valence-electron chi connectivity index (χ3n) is 4.70. The van der Waals surface area contributed by atoms with Gasteiger partial charge in [0.15, 0.2) is 11.5 Å². The van der Waals surface area contributed by atoms with Crippen LogP contribution in [0.2, 0.25) is 0 Å². The van der Waals surface area contributed by atoms with Gasteiger partial charge in [-0.05, 0) is 67.9 Å². The maximum atomic E-state index is 12.8. The van der Waals surface area contributed by atoms with E-state index in [1.54, 1.807) is 48.5 Å². The van der Waals surface area contributed by atoms with Crippen LogP contribution in [0.3, 0.4) is 0 Å². The van der Waals surface area contributed by atoms with Gasteiger partial charge in [-0.2, -0.15) is 0 Å². The van der Waals surface area contributed by atoms with E-state index in [1.807, 2.05) is 26.8 Å². The monoisotopic (exact) mass is 454 g/mol. The molecule has 1 aliphatic heterocycles. The largest absolute Gasteiger partial charge is 0.490 e. The van der Waals surface area contributed by atoms with Gasteiger partial charge >= 0.3 is 0 Å². The van der Waals surface area contributed by atoms with Crippen LogP contribution in [0.15, 0.2) is 53.4 Å². The van der Waals surface area contributed by atoms with E-state index in [9.17, 15) is 14.4 Å². The highest BCUT2D eigenvalue weighted by Gasteiger charge is 2.36. The normalized spacial score (nSPS) is 15.7. The molecular formula is C24H26N2O5S. The summed E-state index contributed by atoms with van der Waals surface area (Å²) >= 11 is 0.809. The molecule has 0 spiro atoms. The van der Waals surface area contributed by atoms with Gasteiger partial charge in [-0.15, -0.1) is 0 Å². The molecule has 1 atom stereocenters. The Hall–Kier alpha value is -3.26. The lowest BCUT2D eigenvalue weighted by Crippen LogP contribution is -2.36. The number of nitrogens with one attached hydrogen (secondary N) is 1. The van der Waals surface area contributed by atoms with Crippen molar-refractivity contribution in [2.45, 2.75) is 33.3 Å². The number of carbonyl (C=O) groups is 3. The summed E-state index contributed by atoms with van der Waals surface area (Å²) in [5.74, 6) is 0.262. The second-order valence-corrected chi connectivity index (χ2v) is 8.15. The van der Waals surface area contributed by atoms with Gasteiger partial charge in [0, 0.05) is 5.69 Å². The van der Waals surface area contributed by atoms with Crippen molar-refractivity contribution < 1.29 is 23.9 Å². The number of carbonyl (C=O) groups excluding carboxylic acids is 3. The highest BCUT2D eigenvalue weighted by atomic mass is 32.2. The Morgan fingerprint density at radius 3 is 2.56 bits per heavy atom. The standard InChI is InChI=1S/C24H26N2O5S/c1-4-16(3)31-19-12-11-17(13-20(19)30-5-2)14-21-23(28)26(24(29)32-21)15-22(27)25-18-9-7-6-8-10-18/h6-14,16H,4-5,15H2,1-3H3,(H,25,27)/b21-14-. The second-order valence-electron chi connectivity index (χ2n) is 7.16. The van der Waals surface area contributed by atoms with Crippen molar-refractivity contribution in [3.05, 3.63) is 59.0 Å². The molecule has 0 aliphatic carbocycles. The summed E-state index contributed by atoms with van der Waals surface area (Å²) in [5, 5.41) is 2.20. The minimum Gasteiger partial charge on any atom is -0.490 e. The molecule has 7 nitrogen and oxygen atoms in total. The van der Waals surface area contributed by atoms with E-state index in [1.165, 1.54) is 0 Å². The highest BCUT2D eigenvalue weighted by Crippen LogP contribution is 2.35. The average Bonchev–Trinajstić information content (AvgIpc) is 3.03. The molecule has 0 saturated carbocycles. The molecule has 1 saturated heterocycles. The van der Waals surface area contributed by atoms with Crippen molar-refractivity contribution >= 4 is 40.6 Å². The highest BCUT2D eigenvalue weighted by molar-refractivity contribution is 8.18. The smallest absolute Gasteiger partial charge is 0.294 e. The van der Waals surface area contributed by atoms with E-state index < -0.39 is 17.1 Å². The van der Waals surface area contributed by atoms with E-state index in [0.717, 1.165) is 23.1 Å². The molecule has 168 valence electrons. The van der Waals surface area contributed by atoms with Crippen molar-refractivity contribution in [3.8, 4) is 11.5 Å². The van der Waals surface area contributed by atoms with Crippen LogP contribution in [0.25, 0.3) is 6.08 Å². The van der Waals surface area contributed by atoms with Gasteiger partial charge in [0.1, 0.15) is 6.54 Å². The molecule has 0 bridgehead atoms. The van der Waals surface area contributed by atoms with Crippen LogP contribution in [-0.4, -0.2) is 41.2 Å². The first-order valence-corrected chi connectivity index (χ1v) is 11.3. The van der Waals surface area contributed by atoms with E-state index in [4.69, 9.17) is 9.47 Å². The minimum atomic E-state index is -0.499. The molecule has 1 fully saturated rings. The Labute approximate surface area is 191 Å². The van der Waals surface area contributed by atoms with E-state index in [0.29, 0.717) is 29.4 Å². The molecule has 2 aromatic carbocycles. The van der Waals surface area contributed by atoms with Crippen molar-refractivity contribution in [1.82, 2.24) is 4.90 Å². The molecule has 2 aromatic rings. The Balaban J connectivity index is 1.73. The van der Waals surface area contributed by atoms with Crippen molar-refractivity contribution in [3.63, 3.8) is 0 Å². The molecule has 3 rings (SSSR count). The molecule has 0 aromatic heterocycles. The van der Waals surface area contributed by atoms with Crippen LogP contribution in [-0.2, 0) is 9.59 Å². The van der Waals surface area contributed by atoms with Gasteiger partial charge in [-0.1, -0.05) is 31.2 Å². The van der Waals surface area contributed by atoms with Crippen molar-refractivity contribution in [1.29, 1.82) is 0 Å². The summed E-state index contributed by atoms with van der Waals surface area (Å²) < 4.78 is 11.6. The lowest BCUT2D eigenvalue weighted by atomic mass is 10.1. The Bertz CT molecular complexity index is 1020. The van der Waals surface area contributed by atoms with Gasteiger partial charge in [0.05, 0.1) is 17.6 Å². The van der Waals surface area contributed by atoms with E-state index >= 15 is 0 Å². The van der Waals surface area contributed by atoms with Gasteiger partial charge < -0.3 is 14.8 Å². The molecule has 0 radical (unpaired) electrons. The second kappa shape index (κ2) is 10.9. The van der Waals surface area contributed by atoms with Crippen LogP contribution >= 0.6 is 11.8 Å². The number of hydrogen-bond donors (Lipinski definition) is 1.